The van der Waals surface area contributed by atoms with Crippen LogP contribution in [0.3, 0.4) is 0 Å². The zero-order chi connectivity index (χ0) is 67.7. The molecule has 20 nitrogen and oxygen atoms in total. The monoisotopic (exact) mass is 1390 g/mol. The Morgan fingerprint density at radius 1 is 0.326 bits per heavy atom. The summed E-state index contributed by atoms with van der Waals surface area (Å²) >= 11 is 0. The first-order valence-corrected chi connectivity index (χ1v) is 41.8. The Morgan fingerprint density at radius 3 is 0.826 bits per heavy atom. The third-order valence-corrected chi connectivity index (χ3v) is 19.9. The van der Waals surface area contributed by atoms with E-state index in [9.17, 15) is 47.7 Å². The molecule has 0 aliphatic carbocycles. The molecule has 0 aromatic rings. The first kappa shape index (κ1) is 89.7. The number of carbonyl (C=O) groups excluding carboxylic acids is 6. The van der Waals surface area contributed by atoms with Crippen LogP contribution in [0.25, 0.3) is 0 Å². The number of hydrogen-bond donors (Lipinski definition) is 4. The molecule has 2 amide bonds. The summed E-state index contributed by atoms with van der Waals surface area (Å²) in [5, 5.41) is 5.23. The molecule has 0 aliphatic heterocycles. The Balaban J connectivity index is 4.71. The molecule has 4 N–H and O–H groups in total. The highest BCUT2D eigenvalue weighted by atomic mass is 33.1. The number of carbonyl (C=O) groups is 6. The van der Waals surface area contributed by atoms with Gasteiger partial charge in [-0.3, -0.25) is 46.9 Å². The van der Waals surface area contributed by atoms with Gasteiger partial charge in [0.15, 0.2) is 12.2 Å². The Morgan fingerprint density at radius 2 is 0.565 bits per heavy atom. The van der Waals surface area contributed by atoms with Crippen molar-refractivity contribution < 1.29 is 84.7 Å². The number of hydrogen-bond acceptors (Lipinski definition) is 18. The van der Waals surface area contributed by atoms with E-state index in [-0.39, 0.29) is 89.9 Å². The van der Waals surface area contributed by atoms with Crippen LogP contribution in [0.1, 0.15) is 323 Å². The van der Waals surface area contributed by atoms with E-state index < -0.39 is 64.9 Å². The molecule has 0 saturated carbocycles. The molecule has 0 radical (unpaired) electrons. The maximum absolute atomic E-state index is 12.8. The number of phosphoric ester groups is 2. The predicted octanol–water partition coefficient (Wildman–Crippen LogP) is 17.8. The van der Waals surface area contributed by atoms with Gasteiger partial charge in [-0.1, -0.05) is 280 Å². The third-order valence-electron chi connectivity index (χ3n) is 15.5. The van der Waals surface area contributed by atoms with Gasteiger partial charge in [-0.25, -0.2) is 9.13 Å². The Kier molecular flexibility index (Phi) is 64.4. The second-order valence-corrected chi connectivity index (χ2v) is 30.0. The second-order valence-electron chi connectivity index (χ2n) is 24.4. The molecule has 0 heterocycles. The molecule has 0 spiro atoms. The van der Waals surface area contributed by atoms with Gasteiger partial charge in [0, 0.05) is 63.1 Å². The Hall–Kier alpha value is -2.26. The largest absolute Gasteiger partial charge is 0.472 e. The zero-order valence-electron chi connectivity index (χ0n) is 57.9. The van der Waals surface area contributed by atoms with Gasteiger partial charge >= 0.3 is 39.5 Å². The molecule has 0 aliphatic rings. The maximum Gasteiger partial charge on any atom is 0.472 e. The smallest absolute Gasteiger partial charge is 0.462 e. The highest BCUT2D eigenvalue weighted by Crippen LogP contribution is 2.44. The van der Waals surface area contributed by atoms with Crippen molar-refractivity contribution >= 4 is 72.9 Å². The molecule has 0 aromatic carbocycles. The first-order chi connectivity index (χ1) is 44.6. The van der Waals surface area contributed by atoms with Crippen molar-refractivity contribution in [3.63, 3.8) is 0 Å². The van der Waals surface area contributed by atoms with E-state index in [1.165, 1.54) is 176 Å². The van der Waals surface area contributed by atoms with Gasteiger partial charge in [-0.15, -0.1) is 0 Å². The summed E-state index contributed by atoms with van der Waals surface area (Å²) in [5.41, 5.74) is 0. The van der Waals surface area contributed by atoms with Crippen LogP contribution in [-0.4, -0.2) is 122 Å². The SMILES string of the molecule is CCCCCCCCCCCCCC(=O)OC[C@H](COP(=O)(O)OCCNC(=O)CCSSCCC(=O)NCCOP(=O)(O)OC[C@@H](COC(=O)CCCCCCCCCCCCC)OC(=O)CCCCCCCCCCC)OC(=O)CCCCCCCCCCC. The number of ether oxygens (including phenoxy) is 4. The lowest BCUT2D eigenvalue weighted by atomic mass is 10.1. The fraction of sp³-hybridized carbons (Fsp3) is 0.912. The maximum atomic E-state index is 12.8. The van der Waals surface area contributed by atoms with Crippen LogP contribution < -0.4 is 10.6 Å². The molecule has 0 bridgehead atoms. The molecular formula is C68H130N2O18P2S2. The Labute approximate surface area is 565 Å². The van der Waals surface area contributed by atoms with E-state index >= 15 is 0 Å². The van der Waals surface area contributed by atoms with Crippen LogP contribution in [-0.2, 0) is 74.9 Å². The average Bonchev–Trinajstić information content (AvgIpc) is 3.26. The van der Waals surface area contributed by atoms with Crippen molar-refractivity contribution in [1.29, 1.82) is 0 Å². The standard InChI is InChI=1S/C68H130N2O18P2S2/c1-5-9-13-17-21-25-27-31-33-37-41-45-65(73)81-57-61(87-67(75)47-43-39-35-29-23-19-15-11-7-3)59-85-89(77,78)83-53-51-69-63(71)49-55-91-92-56-50-64(72)70-52-54-84-90(79,80)86-60-62(88-68(76)48-44-40-36-30-24-20-16-12-8-4)58-82-66(74)46-42-38-34-32-28-26-22-18-14-10-6-2/h61-62H,5-60H2,1-4H3,(H,69,71)(H,70,72)(H,77,78)(H,79,80)/t61-,62-/m1/s1. The minimum absolute atomic E-state index is 0.0911. The number of esters is 4. The number of phosphoric acid groups is 2. The first-order valence-electron chi connectivity index (χ1n) is 36.3. The highest BCUT2D eigenvalue weighted by molar-refractivity contribution is 8.76. The van der Waals surface area contributed by atoms with Crippen molar-refractivity contribution in [2.45, 2.75) is 335 Å². The number of nitrogens with one attached hydrogen (secondary N) is 2. The number of unbranched alkanes of at least 4 members (excludes halogenated alkanes) is 36. The van der Waals surface area contributed by atoms with Crippen LogP contribution >= 0.6 is 37.2 Å². The highest BCUT2D eigenvalue weighted by Gasteiger charge is 2.28. The summed E-state index contributed by atoms with van der Waals surface area (Å²) in [6.07, 6.45) is 43.3. The zero-order valence-corrected chi connectivity index (χ0v) is 61.3. The quantitative estimate of drug-likeness (QED) is 0.0145. The third kappa shape index (κ3) is 65.0. The van der Waals surface area contributed by atoms with Crippen LogP contribution in [0, 0.1) is 0 Å². The van der Waals surface area contributed by atoms with Gasteiger partial charge in [0.25, 0.3) is 0 Å². The van der Waals surface area contributed by atoms with E-state index in [0.29, 0.717) is 37.2 Å². The normalized spacial score (nSPS) is 13.4. The second kappa shape index (κ2) is 66.0. The van der Waals surface area contributed by atoms with Crippen LogP contribution in [0.15, 0.2) is 0 Å². The molecular weight excluding hydrogens is 1260 g/mol. The van der Waals surface area contributed by atoms with E-state index in [1.54, 1.807) is 0 Å². The molecule has 0 aromatic heterocycles. The van der Waals surface area contributed by atoms with Gasteiger partial charge in [-0.05, 0) is 25.7 Å². The lowest BCUT2D eigenvalue weighted by molar-refractivity contribution is -0.161. The van der Waals surface area contributed by atoms with E-state index in [4.69, 9.17) is 37.0 Å². The Bertz CT molecular complexity index is 1760. The van der Waals surface area contributed by atoms with Crippen molar-refractivity contribution in [2.75, 3.05) is 64.2 Å². The molecule has 24 heteroatoms. The van der Waals surface area contributed by atoms with Crippen LogP contribution in [0.2, 0.25) is 0 Å². The van der Waals surface area contributed by atoms with Gasteiger partial charge in [0.05, 0.1) is 26.4 Å². The van der Waals surface area contributed by atoms with Crippen LogP contribution in [0.4, 0.5) is 0 Å². The molecule has 2 unspecified atom stereocenters. The summed E-state index contributed by atoms with van der Waals surface area (Å²) in [4.78, 5) is 96.6. The fourth-order valence-corrected chi connectivity index (χ4v) is 13.4. The lowest BCUT2D eigenvalue weighted by Crippen LogP contribution is -2.30. The molecule has 0 rings (SSSR count). The molecule has 0 fully saturated rings. The summed E-state index contributed by atoms with van der Waals surface area (Å²) in [5.74, 6) is -1.78. The summed E-state index contributed by atoms with van der Waals surface area (Å²) < 4.78 is 68.0. The van der Waals surface area contributed by atoms with Crippen molar-refractivity contribution in [1.82, 2.24) is 10.6 Å². The van der Waals surface area contributed by atoms with E-state index in [1.807, 2.05) is 0 Å². The van der Waals surface area contributed by atoms with Gasteiger partial charge in [-0.2, -0.15) is 0 Å². The van der Waals surface area contributed by atoms with Gasteiger partial charge < -0.3 is 39.4 Å². The summed E-state index contributed by atoms with van der Waals surface area (Å²) in [7, 11) is -6.57. The van der Waals surface area contributed by atoms with Gasteiger partial charge in [0.1, 0.15) is 13.2 Å². The van der Waals surface area contributed by atoms with Crippen molar-refractivity contribution in [3.8, 4) is 0 Å². The van der Waals surface area contributed by atoms with Crippen LogP contribution in [0.5, 0.6) is 0 Å². The minimum atomic E-state index is -4.66. The van der Waals surface area contributed by atoms with Gasteiger partial charge in [0.2, 0.25) is 11.8 Å². The topological polar surface area (TPSA) is 275 Å². The molecule has 92 heavy (non-hydrogen) atoms. The average molecular weight is 1390 g/mol. The fourth-order valence-electron chi connectivity index (χ4n) is 9.96. The van der Waals surface area contributed by atoms with Crippen molar-refractivity contribution in [3.05, 3.63) is 0 Å². The summed E-state index contributed by atoms with van der Waals surface area (Å²) in [6, 6.07) is 0. The summed E-state index contributed by atoms with van der Waals surface area (Å²) in [6.45, 7) is 6.16. The molecule has 4 atom stereocenters. The molecule has 0 saturated heterocycles. The molecule has 542 valence electrons. The van der Waals surface area contributed by atoms with Crippen molar-refractivity contribution in [2.24, 2.45) is 0 Å². The number of amides is 2. The van der Waals surface area contributed by atoms with E-state index in [2.05, 4.69) is 38.3 Å². The predicted molar refractivity (Wildman–Crippen MR) is 371 cm³/mol. The number of rotatable bonds is 71. The lowest BCUT2D eigenvalue weighted by Gasteiger charge is -2.20. The van der Waals surface area contributed by atoms with E-state index in [0.717, 1.165) is 77.0 Å². The minimum Gasteiger partial charge on any atom is -0.462 e.